The van der Waals surface area contributed by atoms with Crippen molar-refractivity contribution in [2.75, 3.05) is 20.3 Å². The van der Waals surface area contributed by atoms with Gasteiger partial charge in [-0.3, -0.25) is 33.6 Å². The standard InChI is InChI=1S/C76H89Cl2N11O29/c1-27(2)12-39(80-5)67(103)88-55-57(96)30-7-10-43(37(77)14-30)112-45-16-32-17-46(64(45)117-75-62(101)60(99)65(48(25-91)115-75)118-74-61(100)59(98)58(97)47(24-90)114-74)113-44-11-8-31(15-38(44)78)63(116-50-21-76(4,66(102)28(3)111-50)83-23-33-22-81-26-82-33)56-72(108)87-54(73(109)110)36-18-34(92)19-42(94)51(36)35-13-29(6-9-41(35)93)52(69(105)89-56)86-70(106)53(32)85-68(104)40(20-49(79)95)84-71(55)107/h6-11,13-19,22,26-28,39-40,47-48,50,52-63,65-66,74-75,80,83,90-94,96-102H,12,20-21,23-25H2,1-5H3,(H2,79,95)(H,81,82)(H,84,107)(H,85,104)(H,86,106)(H,87,108)(H,88,103)(H,89,105)(H,109,110)/t28-,39+,40-,47+,48+,50?,52?,53+,54+,55+,56-,57+,58-,59-,60+,61+,62+,63+,65+,66-,74?,75-,76-/m0/s1. The number of carbonyl (C=O) groups excluding carboxylic acids is 7. The molecule has 636 valence electrons. The predicted octanol–water partition coefficient (Wildman–Crippen LogP) is -1.52. The summed E-state index contributed by atoms with van der Waals surface area (Å²) in [7, 11) is 1.46. The van der Waals surface area contributed by atoms with Crippen molar-refractivity contribution in [3.8, 4) is 57.1 Å². The van der Waals surface area contributed by atoms with Gasteiger partial charge in [-0.25, -0.2) is 9.78 Å². The summed E-state index contributed by atoms with van der Waals surface area (Å²) in [6.07, 6.45) is -26.6. The molecule has 0 radical (unpaired) electrons. The largest absolute Gasteiger partial charge is 0.508 e. The van der Waals surface area contributed by atoms with Crippen LogP contribution in [0.4, 0.5) is 0 Å². The molecule has 40 nitrogen and oxygen atoms in total. The molecule has 0 aliphatic carbocycles. The van der Waals surface area contributed by atoms with E-state index in [1.807, 2.05) is 0 Å². The van der Waals surface area contributed by atoms with E-state index in [0.29, 0.717) is 5.69 Å². The highest BCUT2D eigenvalue weighted by Crippen LogP contribution is 2.50. The van der Waals surface area contributed by atoms with Gasteiger partial charge in [-0.1, -0.05) is 55.2 Å². The number of nitrogens with two attached hydrogens (primary N) is 1. The molecule has 3 saturated heterocycles. The smallest absolute Gasteiger partial charge is 0.330 e. The van der Waals surface area contributed by atoms with Crippen LogP contribution in [0, 0.1) is 5.92 Å². The quantitative estimate of drug-likeness (QED) is 0.0438. The molecule has 8 aliphatic heterocycles. The van der Waals surface area contributed by atoms with Gasteiger partial charge in [0.15, 0.2) is 30.1 Å². The van der Waals surface area contributed by atoms with Crippen molar-refractivity contribution < 1.29 is 143 Å². The number of aromatic hydroxyl groups is 3. The van der Waals surface area contributed by atoms with E-state index in [4.69, 9.17) is 66.8 Å². The zero-order valence-corrected chi connectivity index (χ0v) is 64.8. The third-order valence-electron chi connectivity index (χ3n) is 21.1. The maximum absolute atomic E-state index is 16.4. The van der Waals surface area contributed by atoms with Crippen LogP contribution in [0.2, 0.25) is 10.0 Å². The van der Waals surface area contributed by atoms with Crippen LogP contribution in [-0.2, 0) is 68.6 Å². The van der Waals surface area contributed by atoms with Gasteiger partial charge in [-0.05, 0) is 110 Å². The molecule has 24 N–H and O–H groups in total. The monoisotopic (exact) mass is 1690 g/mol. The number of nitrogens with zero attached hydrogens (tertiary/aromatic N) is 1. The number of aromatic nitrogens is 2. The summed E-state index contributed by atoms with van der Waals surface area (Å²) in [5.41, 5.74) is 1.97. The van der Waals surface area contributed by atoms with E-state index < -0.39 is 291 Å². The molecule has 7 amide bonds. The van der Waals surface area contributed by atoms with Crippen molar-refractivity contribution in [3.05, 3.63) is 135 Å². The van der Waals surface area contributed by atoms with E-state index in [1.165, 1.54) is 32.4 Å². The number of primary amides is 1. The van der Waals surface area contributed by atoms with Gasteiger partial charge >= 0.3 is 5.97 Å². The van der Waals surface area contributed by atoms with Gasteiger partial charge in [0.2, 0.25) is 53.4 Å². The van der Waals surface area contributed by atoms with E-state index in [9.17, 15) is 80.8 Å². The fraction of sp³-hybridized carbons (Fsp3) is 0.461. The molecule has 42 heteroatoms. The third kappa shape index (κ3) is 18.5. The van der Waals surface area contributed by atoms with Crippen LogP contribution in [0.3, 0.4) is 0 Å². The minimum absolute atomic E-state index is 0.0543. The first-order valence-corrected chi connectivity index (χ1v) is 37.9. The number of nitrogens with one attached hydrogen (secondary N) is 9. The van der Waals surface area contributed by atoms with Crippen molar-refractivity contribution in [3.63, 3.8) is 0 Å². The highest BCUT2D eigenvalue weighted by atomic mass is 35.5. The first-order valence-electron chi connectivity index (χ1n) is 37.2. The number of aliphatic carboxylic acids is 1. The van der Waals surface area contributed by atoms with E-state index in [2.05, 4.69) is 52.5 Å². The number of fused-ring (bicyclic) bond motifs is 15. The Labute approximate surface area is 680 Å². The second-order valence-corrected chi connectivity index (χ2v) is 30.7. The number of aliphatic hydroxyl groups excluding tert-OH is 9. The Balaban J connectivity index is 1.09. The number of carboxylic acid groups (broad SMARTS) is 1. The van der Waals surface area contributed by atoms with Crippen molar-refractivity contribution in [2.24, 2.45) is 11.7 Å². The van der Waals surface area contributed by atoms with Gasteiger partial charge in [0, 0.05) is 47.5 Å². The highest BCUT2D eigenvalue weighted by Gasteiger charge is 2.53. The molecule has 1 aromatic heterocycles. The van der Waals surface area contributed by atoms with Crippen LogP contribution in [0.15, 0.2) is 91.4 Å². The molecule has 6 aromatic rings. The molecule has 9 heterocycles. The summed E-state index contributed by atoms with van der Waals surface area (Å²) in [5, 5.41) is 168. The first kappa shape index (κ1) is 87.1. The summed E-state index contributed by atoms with van der Waals surface area (Å²) >= 11 is 14.5. The van der Waals surface area contributed by atoms with Crippen LogP contribution >= 0.6 is 23.2 Å². The number of imidazole rings is 1. The van der Waals surface area contributed by atoms with Gasteiger partial charge in [-0.2, -0.15) is 0 Å². The van der Waals surface area contributed by atoms with Crippen LogP contribution in [0.1, 0.15) is 111 Å². The average molecular weight is 1690 g/mol. The van der Waals surface area contributed by atoms with E-state index in [-0.39, 0.29) is 36.4 Å². The Morgan fingerprint density at radius 1 is 0.678 bits per heavy atom. The highest BCUT2D eigenvalue weighted by molar-refractivity contribution is 6.32. The Morgan fingerprint density at radius 3 is 1.93 bits per heavy atom. The van der Waals surface area contributed by atoms with Gasteiger partial charge in [0.25, 0.3) is 0 Å². The van der Waals surface area contributed by atoms with Gasteiger partial charge < -0.3 is 158 Å². The zero-order valence-electron chi connectivity index (χ0n) is 63.3. The van der Waals surface area contributed by atoms with Crippen molar-refractivity contribution in [1.29, 1.82) is 0 Å². The van der Waals surface area contributed by atoms with Crippen molar-refractivity contribution >= 4 is 70.5 Å². The molecular weight excluding hydrogens is 1600 g/mol. The summed E-state index contributed by atoms with van der Waals surface area (Å²) < 4.78 is 50.5. The molecule has 23 atom stereocenters. The fourth-order valence-electron chi connectivity index (χ4n) is 14.8. The SMILES string of the molecule is CN[C@H](CC(C)C)C(=O)N[C@H]1C(=O)N[C@@H](CC(N)=O)C(=O)N[C@H]2C(=O)NC3C(=O)N[C@H](C(=O)N[C@@H](C(=O)O)c4cc(O)cc(O)c4-c4cc3ccc4O)[C@H](OC3C[C@](C)(NCc4c[nH]cn4)[C@@H](O)[C@H](C)O3)c3ccc(c(Cl)c3)Oc3cc2cc(c3O[C@@H]2O[C@H](CO)[C@@H](OC3O[C@H](CO)[C@H](O)[C@H](O)[C@H]3O)[C@H](O)[C@H]2O)Oc2ccc(cc2Cl)[C@H]1O. The molecule has 118 heavy (non-hydrogen) atoms. The zero-order chi connectivity index (χ0) is 85.4. The summed E-state index contributed by atoms with van der Waals surface area (Å²) in [6.45, 7) is 4.75. The topological polar surface area (TPSA) is 624 Å². The lowest BCUT2D eigenvalue weighted by atomic mass is 9.85. The number of benzene rings is 5. The van der Waals surface area contributed by atoms with Crippen molar-refractivity contribution in [1.82, 2.24) is 52.5 Å². The predicted molar refractivity (Wildman–Crippen MR) is 403 cm³/mol. The molecule has 5 aromatic carbocycles. The number of hydrogen-bond donors (Lipinski definition) is 23. The van der Waals surface area contributed by atoms with Crippen LogP contribution in [0.25, 0.3) is 11.1 Å². The van der Waals surface area contributed by atoms with E-state index in [0.717, 1.165) is 66.7 Å². The summed E-state index contributed by atoms with van der Waals surface area (Å²) in [5.74, 6) is -16.7. The molecule has 0 saturated carbocycles. The number of hydrogen-bond acceptors (Lipinski definition) is 31. The lowest BCUT2D eigenvalue weighted by Crippen LogP contribution is -2.65. The number of H-pyrrole nitrogens is 1. The summed E-state index contributed by atoms with van der Waals surface area (Å²) in [6, 6.07) is -1.07. The number of halogens is 2. The number of phenolic OH excluding ortho intramolecular Hbond substituents is 3. The second kappa shape index (κ2) is 36.2. The molecule has 0 spiro atoms. The average Bonchev–Trinajstić information content (AvgIpc) is 1.07. The van der Waals surface area contributed by atoms with Crippen LogP contribution in [0.5, 0.6) is 46.0 Å². The minimum Gasteiger partial charge on any atom is -0.508 e. The molecule has 3 unspecified atom stereocenters. The van der Waals surface area contributed by atoms with E-state index >= 15 is 24.0 Å². The van der Waals surface area contributed by atoms with E-state index in [1.54, 1.807) is 27.0 Å². The number of amides is 7. The van der Waals surface area contributed by atoms with Crippen molar-refractivity contribution in [2.45, 2.75) is 193 Å². The third-order valence-corrected chi connectivity index (χ3v) is 21.7. The van der Waals surface area contributed by atoms with Gasteiger partial charge in [-0.15, -0.1) is 0 Å². The Morgan fingerprint density at radius 2 is 1.31 bits per heavy atom. The number of likely N-dealkylation sites (N-methyl/N-ethyl adjacent to an activating group) is 1. The maximum atomic E-state index is 16.4. The maximum Gasteiger partial charge on any atom is 0.330 e. The Bertz CT molecular complexity index is 4760. The van der Waals surface area contributed by atoms with Crippen LogP contribution < -0.4 is 62.5 Å². The Hall–Kier alpha value is -10.2. The first-order chi connectivity index (χ1) is 56.0. The number of carboxylic acids is 1. The number of rotatable bonds is 19. The number of phenols is 3. The summed E-state index contributed by atoms with van der Waals surface area (Å²) in [4.78, 5) is 127. The normalized spacial score (nSPS) is 30.9. The molecule has 3 fully saturated rings. The second-order valence-electron chi connectivity index (χ2n) is 29.8. The number of carbonyl (C=O) groups is 8. The number of aliphatic hydroxyl groups is 9. The fourth-order valence-corrected chi connectivity index (χ4v) is 15.3. The molecular formula is C76H89Cl2N11O29. The lowest BCUT2D eigenvalue weighted by molar-refractivity contribution is -0.352. The van der Waals surface area contributed by atoms with Gasteiger partial charge in [0.1, 0.15) is 120 Å². The number of ether oxygens (including phenoxy) is 8. The Kier molecular flexibility index (Phi) is 26.7. The minimum atomic E-state index is -2.43. The van der Waals surface area contributed by atoms with Crippen LogP contribution in [-0.4, -0.2) is 254 Å². The lowest BCUT2D eigenvalue weighted by Gasteiger charge is -2.46. The number of aromatic amines is 1. The molecule has 14 rings (SSSR count). The molecule has 8 aliphatic rings. The molecule has 11 bridgehead atoms. The van der Waals surface area contributed by atoms with Gasteiger partial charge in [0.05, 0.1) is 60.0 Å².